The van der Waals surface area contributed by atoms with Gasteiger partial charge < -0.3 is 15.0 Å². The van der Waals surface area contributed by atoms with E-state index in [4.69, 9.17) is 4.74 Å². The largest absolute Gasteiger partial charge is 0.379 e. The molecule has 0 atom stereocenters. The van der Waals surface area contributed by atoms with Crippen LogP contribution < -0.4 is 5.32 Å². The first-order valence-electron chi connectivity index (χ1n) is 7.84. The first-order valence-corrected chi connectivity index (χ1v) is 7.84. The van der Waals surface area contributed by atoms with E-state index in [1.54, 1.807) is 21.0 Å². The fourth-order valence-corrected chi connectivity index (χ4v) is 3.36. The van der Waals surface area contributed by atoms with Crippen molar-refractivity contribution >= 4 is 11.8 Å². The molecule has 0 aromatic carbocycles. The van der Waals surface area contributed by atoms with Gasteiger partial charge >= 0.3 is 0 Å². The van der Waals surface area contributed by atoms with Gasteiger partial charge in [-0.25, -0.2) is 0 Å². The molecule has 120 valence electrons. The van der Waals surface area contributed by atoms with Crippen LogP contribution in [-0.4, -0.2) is 47.0 Å². The number of nitrogens with zero attached hydrogens (tertiary/aromatic N) is 1. The molecule has 1 N–H and O–H groups in total. The molecule has 2 fully saturated rings. The van der Waals surface area contributed by atoms with Crippen molar-refractivity contribution < 1.29 is 14.3 Å². The minimum Gasteiger partial charge on any atom is -0.379 e. The lowest BCUT2D eigenvalue weighted by Crippen LogP contribution is -2.73. The van der Waals surface area contributed by atoms with Crippen LogP contribution >= 0.6 is 0 Å². The first-order chi connectivity index (χ1) is 9.65. The molecule has 0 radical (unpaired) electrons. The lowest BCUT2D eigenvalue weighted by atomic mass is 9.84. The highest BCUT2D eigenvalue weighted by molar-refractivity contribution is 6.02. The van der Waals surface area contributed by atoms with Gasteiger partial charge in [0.25, 0.3) is 0 Å². The fourth-order valence-electron chi connectivity index (χ4n) is 3.36. The van der Waals surface area contributed by atoms with Crippen LogP contribution in [0.3, 0.4) is 0 Å². The Morgan fingerprint density at radius 2 is 1.81 bits per heavy atom. The zero-order chi connectivity index (χ0) is 15.9. The smallest absolute Gasteiger partial charge is 0.248 e. The van der Waals surface area contributed by atoms with E-state index in [0.717, 1.165) is 32.1 Å². The number of hydrogen-bond acceptors (Lipinski definition) is 3. The van der Waals surface area contributed by atoms with Crippen molar-refractivity contribution in [3.8, 4) is 0 Å². The predicted octanol–water partition coefficient (Wildman–Crippen LogP) is 1.85. The topological polar surface area (TPSA) is 58.6 Å². The van der Waals surface area contributed by atoms with E-state index in [-0.39, 0.29) is 17.4 Å². The van der Waals surface area contributed by atoms with Gasteiger partial charge in [-0.3, -0.25) is 9.59 Å². The molecule has 21 heavy (non-hydrogen) atoms. The number of carbonyl (C=O) groups is 2. The average Bonchev–Trinajstić information content (AvgIpc) is 2.87. The van der Waals surface area contributed by atoms with Crippen LogP contribution in [0.4, 0.5) is 0 Å². The van der Waals surface area contributed by atoms with Crippen molar-refractivity contribution in [3.63, 3.8) is 0 Å². The molecule has 1 spiro atoms. The normalized spacial score (nSPS) is 24.5. The molecule has 1 aliphatic carbocycles. The van der Waals surface area contributed by atoms with E-state index in [0.29, 0.717) is 6.54 Å². The van der Waals surface area contributed by atoms with Gasteiger partial charge in [-0.15, -0.1) is 0 Å². The van der Waals surface area contributed by atoms with E-state index < -0.39 is 11.1 Å². The Bertz CT molecular complexity index is 437. The Kier molecular flexibility index (Phi) is 4.08. The number of ether oxygens (including phenoxy) is 1. The molecule has 5 heteroatoms. The van der Waals surface area contributed by atoms with E-state index in [1.165, 1.54) is 0 Å². The van der Waals surface area contributed by atoms with Crippen LogP contribution in [0, 0.1) is 0 Å². The van der Waals surface area contributed by atoms with Gasteiger partial charge in [-0.05, 0) is 47.0 Å². The van der Waals surface area contributed by atoms with Crippen molar-refractivity contribution in [2.24, 2.45) is 0 Å². The van der Waals surface area contributed by atoms with Crippen LogP contribution in [0.2, 0.25) is 0 Å². The molecular weight excluding hydrogens is 268 g/mol. The monoisotopic (exact) mass is 296 g/mol. The molecule has 2 rings (SSSR count). The van der Waals surface area contributed by atoms with Crippen molar-refractivity contribution in [2.75, 3.05) is 13.7 Å². The Morgan fingerprint density at radius 3 is 2.33 bits per heavy atom. The van der Waals surface area contributed by atoms with Crippen LogP contribution in [0.1, 0.15) is 59.8 Å². The third-order valence-corrected chi connectivity index (χ3v) is 5.07. The zero-order valence-corrected chi connectivity index (χ0v) is 13.9. The molecule has 1 saturated heterocycles. The van der Waals surface area contributed by atoms with E-state index in [9.17, 15) is 9.59 Å². The SMILES string of the molecule is COC(C)(C)CCN1C(=O)C(C)(C)NC(=O)C12CCCC2. The molecule has 0 bridgehead atoms. The summed E-state index contributed by atoms with van der Waals surface area (Å²) in [6.45, 7) is 8.14. The summed E-state index contributed by atoms with van der Waals surface area (Å²) in [5.74, 6) is 0.0377. The Labute approximate surface area is 127 Å². The molecular formula is C16H28N2O3. The highest BCUT2D eigenvalue weighted by atomic mass is 16.5. The molecule has 0 unspecified atom stereocenters. The summed E-state index contributed by atoms with van der Waals surface area (Å²) in [6.07, 6.45) is 4.28. The number of methoxy groups -OCH3 is 1. The molecule has 2 amide bonds. The van der Waals surface area contributed by atoms with E-state index in [2.05, 4.69) is 5.32 Å². The van der Waals surface area contributed by atoms with Crippen molar-refractivity contribution in [1.82, 2.24) is 10.2 Å². The van der Waals surface area contributed by atoms with Crippen LogP contribution in [0.15, 0.2) is 0 Å². The standard InChI is InChI=1S/C16H28N2O3/c1-14(2,21-5)10-11-18-13(20)15(3,4)17-12(19)16(18)8-6-7-9-16/h6-11H2,1-5H3,(H,17,19). The second kappa shape index (κ2) is 5.27. The van der Waals surface area contributed by atoms with Crippen molar-refractivity contribution in [3.05, 3.63) is 0 Å². The number of nitrogens with one attached hydrogen (secondary N) is 1. The van der Waals surface area contributed by atoms with Crippen LogP contribution in [0.25, 0.3) is 0 Å². The molecule has 0 aromatic heterocycles. The highest BCUT2D eigenvalue weighted by Crippen LogP contribution is 2.40. The van der Waals surface area contributed by atoms with Gasteiger partial charge in [0.15, 0.2) is 0 Å². The molecule has 1 aliphatic heterocycles. The average molecular weight is 296 g/mol. The summed E-state index contributed by atoms with van der Waals surface area (Å²) in [6, 6.07) is 0. The maximum Gasteiger partial charge on any atom is 0.248 e. The Hall–Kier alpha value is -1.10. The summed E-state index contributed by atoms with van der Waals surface area (Å²) in [5, 5.41) is 2.92. The van der Waals surface area contributed by atoms with Gasteiger partial charge in [0, 0.05) is 13.7 Å². The second-order valence-corrected chi connectivity index (χ2v) is 7.49. The second-order valence-electron chi connectivity index (χ2n) is 7.49. The summed E-state index contributed by atoms with van der Waals surface area (Å²) >= 11 is 0. The number of carbonyl (C=O) groups excluding carboxylic acids is 2. The van der Waals surface area contributed by atoms with Gasteiger partial charge in [-0.2, -0.15) is 0 Å². The predicted molar refractivity (Wildman–Crippen MR) is 80.8 cm³/mol. The molecule has 5 nitrogen and oxygen atoms in total. The van der Waals surface area contributed by atoms with Gasteiger partial charge in [-0.1, -0.05) is 12.8 Å². The lowest BCUT2D eigenvalue weighted by Gasteiger charge is -2.50. The summed E-state index contributed by atoms with van der Waals surface area (Å²) in [4.78, 5) is 27.3. The minimum atomic E-state index is -0.817. The maximum atomic E-state index is 12.8. The molecule has 2 aliphatic rings. The van der Waals surface area contributed by atoms with Gasteiger partial charge in [0.2, 0.25) is 11.8 Å². The van der Waals surface area contributed by atoms with Crippen LogP contribution in [-0.2, 0) is 14.3 Å². The lowest BCUT2D eigenvalue weighted by molar-refractivity contribution is -0.162. The Balaban J connectivity index is 2.26. The number of hydrogen-bond donors (Lipinski definition) is 1. The summed E-state index contributed by atoms with van der Waals surface area (Å²) in [5.41, 5.74) is -1.74. The van der Waals surface area contributed by atoms with Crippen molar-refractivity contribution in [1.29, 1.82) is 0 Å². The first kappa shape index (κ1) is 16.3. The van der Waals surface area contributed by atoms with E-state index in [1.807, 2.05) is 18.7 Å². The summed E-state index contributed by atoms with van der Waals surface area (Å²) in [7, 11) is 1.68. The third-order valence-electron chi connectivity index (χ3n) is 5.07. The van der Waals surface area contributed by atoms with Crippen LogP contribution in [0.5, 0.6) is 0 Å². The summed E-state index contributed by atoms with van der Waals surface area (Å²) < 4.78 is 5.46. The Morgan fingerprint density at radius 1 is 1.24 bits per heavy atom. The highest BCUT2D eigenvalue weighted by Gasteiger charge is 2.56. The molecule has 1 heterocycles. The number of piperazine rings is 1. The maximum absolute atomic E-state index is 12.8. The quantitative estimate of drug-likeness (QED) is 0.861. The van der Waals surface area contributed by atoms with Crippen molar-refractivity contribution in [2.45, 2.75) is 76.5 Å². The van der Waals surface area contributed by atoms with Gasteiger partial charge in [0.1, 0.15) is 11.1 Å². The number of rotatable bonds is 4. The molecule has 1 saturated carbocycles. The fraction of sp³-hybridized carbons (Fsp3) is 0.875. The van der Waals surface area contributed by atoms with E-state index >= 15 is 0 Å². The third kappa shape index (κ3) is 2.80. The molecule has 0 aromatic rings. The minimum absolute atomic E-state index is 0.0137. The number of amides is 2. The van der Waals surface area contributed by atoms with Gasteiger partial charge in [0.05, 0.1) is 5.60 Å². The zero-order valence-electron chi connectivity index (χ0n) is 13.9.